The predicted molar refractivity (Wildman–Crippen MR) is 53.1 cm³/mol. The molecule has 12 heavy (non-hydrogen) atoms. The lowest BCUT2D eigenvalue weighted by molar-refractivity contribution is 0.265. The van der Waals surface area contributed by atoms with Crippen LogP contribution < -0.4 is 5.73 Å². The second-order valence-electron chi connectivity index (χ2n) is 3.81. The predicted octanol–water partition coefficient (Wildman–Crippen LogP) is 1.38. The summed E-state index contributed by atoms with van der Waals surface area (Å²) in [5.74, 6) is 0. The van der Waals surface area contributed by atoms with Crippen molar-refractivity contribution in [1.29, 1.82) is 0 Å². The first-order valence-corrected chi connectivity index (χ1v) is 4.81. The lowest BCUT2D eigenvalue weighted by Crippen LogP contribution is -2.32. The van der Waals surface area contributed by atoms with Gasteiger partial charge in [0.05, 0.1) is 0 Å². The Labute approximate surface area is 75.4 Å². The van der Waals surface area contributed by atoms with Crippen molar-refractivity contribution in [2.24, 2.45) is 5.73 Å². The summed E-state index contributed by atoms with van der Waals surface area (Å²) in [6, 6.07) is 0.785. The number of nitrogens with two attached hydrogens (primary N) is 1. The fourth-order valence-electron chi connectivity index (χ4n) is 1.89. The van der Waals surface area contributed by atoms with Crippen LogP contribution >= 0.6 is 0 Å². The normalized spacial score (nSPS) is 18.9. The number of hydrogen-bond acceptors (Lipinski definition) is 2. The van der Waals surface area contributed by atoms with Crippen LogP contribution in [0.1, 0.15) is 25.7 Å². The summed E-state index contributed by atoms with van der Waals surface area (Å²) in [4.78, 5) is 2.39. The van der Waals surface area contributed by atoms with Crippen molar-refractivity contribution in [3.05, 3.63) is 12.2 Å². The molecule has 0 spiro atoms. The van der Waals surface area contributed by atoms with Gasteiger partial charge in [-0.15, -0.1) is 0 Å². The Morgan fingerprint density at radius 3 is 2.58 bits per heavy atom. The van der Waals surface area contributed by atoms with Gasteiger partial charge < -0.3 is 5.73 Å². The second kappa shape index (κ2) is 4.63. The lowest BCUT2D eigenvalue weighted by atomic mass is 10.2. The Morgan fingerprint density at radius 1 is 1.50 bits per heavy atom. The SMILES string of the molecule is C=C(CN)CN(C)C1CCCC1. The minimum Gasteiger partial charge on any atom is -0.327 e. The van der Waals surface area contributed by atoms with Gasteiger partial charge in [0.15, 0.2) is 0 Å². The van der Waals surface area contributed by atoms with Crippen LogP contribution in [0.4, 0.5) is 0 Å². The molecule has 0 radical (unpaired) electrons. The summed E-state index contributed by atoms with van der Waals surface area (Å²) in [5.41, 5.74) is 6.64. The van der Waals surface area contributed by atoms with E-state index < -0.39 is 0 Å². The van der Waals surface area contributed by atoms with E-state index in [0.29, 0.717) is 6.54 Å². The molecule has 0 amide bonds. The van der Waals surface area contributed by atoms with Gasteiger partial charge in [-0.2, -0.15) is 0 Å². The minimum atomic E-state index is 0.622. The van der Waals surface area contributed by atoms with E-state index in [1.807, 2.05) is 0 Å². The van der Waals surface area contributed by atoms with Crippen LogP contribution in [-0.4, -0.2) is 31.1 Å². The van der Waals surface area contributed by atoms with Gasteiger partial charge in [-0.25, -0.2) is 0 Å². The van der Waals surface area contributed by atoms with Crippen molar-refractivity contribution >= 4 is 0 Å². The van der Waals surface area contributed by atoms with E-state index in [0.717, 1.165) is 18.2 Å². The third-order valence-corrected chi connectivity index (χ3v) is 2.71. The van der Waals surface area contributed by atoms with Gasteiger partial charge in [-0.3, -0.25) is 4.90 Å². The van der Waals surface area contributed by atoms with E-state index in [9.17, 15) is 0 Å². The van der Waals surface area contributed by atoms with Gasteiger partial charge in [0.25, 0.3) is 0 Å². The first-order valence-electron chi connectivity index (χ1n) is 4.81. The highest BCUT2D eigenvalue weighted by molar-refractivity contribution is 4.99. The average molecular weight is 168 g/mol. The van der Waals surface area contributed by atoms with E-state index in [2.05, 4.69) is 18.5 Å². The third kappa shape index (κ3) is 2.61. The molecule has 0 unspecified atom stereocenters. The first-order chi connectivity index (χ1) is 5.74. The molecule has 0 aromatic heterocycles. The molecule has 1 aliphatic carbocycles. The van der Waals surface area contributed by atoms with Crippen molar-refractivity contribution in [3.8, 4) is 0 Å². The van der Waals surface area contributed by atoms with Gasteiger partial charge in [-0.05, 0) is 25.5 Å². The van der Waals surface area contributed by atoms with E-state index in [-0.39, 0.29) is 0 Å². The Bertz CT molecular complexity index is 148. The summed E-state index contributed by atoms with van der Waals surface area (Å²) < 4.78 is 0. The van der Waals surface area contributed by atoms with Crippen molar-refractivity contribution in [2.45, 2.75) is 31.7 Å². The molecule has 0 aliphatic heterocycles. The van der Waals surface area contributed by atoms with Crippen molar-refractivity contribution in [2.75, 3.05) is 20.1 Å². The molecule has 70 valence electrons. The fourth-order valence-corrected chi connectivity index (χ4v) is 1.89. The summed E-state index contributed by atoms with van der Waals surface area (Å²) in [7, 11) is 2.18. The molecule has 1 aliphatic rings. The minimum absolute atomic E-state index is 0.622. The summed E-state index contributed by atoms with van der Waals surface area (Å²) >= 11 is 0. The molecule has 0 aromatic carbocycles. The fraction of sp³-hybridized carbons (Fsp3) is 0.800. The van der Waals surface area contributed by atoms with Crippen LogP contribution in [0.15, 0.2) is 12.2 Å². The summed E-state index contributed by atoms with van der Waals surface area (Å²) in [6.07, 6.45) is 5.50. The molecule has 0 saturated heterocycles. The van der Waals surface area contributed by atoms with Gasteiger partial charge in [0.1, 0.15) is 0 Å². The Kier molecular flexibility index (Phi) is 3.76. The molecular formula is C10H20N2. The van der Waals surface area contributed by atoms with E-state index in [1.54, 1.807) is 0 Å². The molecule has 0 bridgehead atoms. The van der Waals surface area contributed by atoms with Crippen molar-refractivity contribution in [3.63, 3.8) is 0 Å². The Morgan fingerprint density at radius 2 is 2.08 bits per heavy atom. The zero-order valence-electron chi connectivity index (χ0n) is 8.05. The number of hydrogen-bond donors (Lipinski definition) is 1. The van der Waals surface area contributed by atoms with Crippen LogP contribution in [0, 0.1) is 0 Å². The molecule has 0 atom stereocenters. The molecule has 1 saturated carbocycles. The number of likely N-dealkylation sites (N-methyl/N-ethyl adjacent to an activating group) is 1. The topological polar surface area (TPSA) is 29.3 Å². The van der Waals surface area contributed by atoms with Gasteiger partial charge in [0, 0.05) is 19.1 Å². The van der Waals surface area contributed by atoms with E-state index in [1.165, 1.54) is 25.7 Å². The third-order valence-electron chi connectivity index (χ3n) is 2.71. The monoisotopic (exact) mass is 168 g/mol. The largest absolute Gasteiger partial charge is 0.327 e. The van der Waals surface area contributed by atoms with Gasteiger partial charge in [0.2, 0.25) is 0 Å². The summed E-state index contributed by atoms with van der Waals surface area (Å²) in [5, 5.41) is 0. The van der Waals surface area contributed by atoms with Crippen LogP contribution in [-0.2, 0) is 0 Å². The van der Waals surface area contributed by atoms with E-state index in [4.69, 9.17) is 5.73 Å². The second-order valence-corrected chi connectivity index (χ2v) is 3.81. The van der Waals surface area contributed by atoms with Crippen LogP contribution in [0.5, 0.6) is 0 Å². The molecule has 2 nitrogen and oxygen atoms in total. The molecule has 1 fully saturated rings. The highest BCUT2D eigenvalue weighted by atomic mass is 15.1. The molecule has 0 aromatic rings. The number of rotatable bonds is 4. The maximum Gasteiger partial charge on any atom is 0.0202 e. The van der Waals surface area contributed by atoms with Crippen molar-refractivity contribution < 1.29 is 0 Å². The molecule has 1 rings (SSSR count). The first kappa shape index (κ1) is 9.75. The highest BCUT2D eigenvalue weighted by Crippen LogP contribution is 2.22. The lowest BCUT2D eigenvalue weighted by Gasteiger charge is -2.24. The van der Waals surface area contributed by atoms with Gasteiger partial charge >= 0.3 is 0 Å². The molecule has 2 heteroatoms. The van der Waals surface area contributed by atoms with Gasteiger partial charge in [-0.1, -0.05) is 19.4 Å². The average Bonchev–Trinajstić information content (AvgIpc) is 2.56. The van der Waals surface area contributed by atoms with Crippen LogP contribution in [0.2, 0.25) is 0 Å². The van der Waals surface area contributed by atoms with E-state index >= 15 is 0 Å². The summed E-state index contributed by atoms with van der Waals surface area (Å²) in [6.45, 7) is 5.51. The van der Waals surface area contributed by atoms with Crippen LogP contribution in [0.3, 0.4) is 0 Å². The Balaban J connectivity index is 2.26. The quantitative estimate of drug-likeness (QED) is 0.642. The molecular weight excluding hydrogens is 148 g/mol. The number of nitrogens with zero attached hydrogens (tertiary/aromatic N) is 1. The maximum absolute atomic E-state index is 5.49. The zero-order valence-corrected chi connectivity index (χ0v) is 8.05. The smallest absolute Gasteiger partial charge is 0.0202 e. The Hall–Kier alpha value is -0.340. The molecule has 0 heterocycles. The highest BCUT2D eigenvalue weighted by Gasteiger charge is 2.19. The van der Waals surface area contributed by atoms with Crippen LogP contribution in [0.25, 0.3) is 0 Å². The standard InChI is InChI=1S/C10H20N2/c1-9(7-11)8-12(2)10-5-3-4-6-10/h10H,1,3-8,11H2,2H3. The molecule has 2 N–H and O–H groups in total. The zero-order chi connectivity index (χ0) is 8.97. The van der Waals surface area contributed by atoms with Crippen molar-refractivity contribution in [1.82, 2.24) is 4.90 Å². The maximum atomic E-state index is 5.49.